The summed E-state index contributed by atoms with van der Waals surface area (Å²) in [6, 6.07) is 17.6. The van der Waals surface area contributed by atoms with Crippen LogP contribution in [0.4, 0.5) is 5.69 Å². The molecule has 1 N–H and O–H groups in total. The first-order valence-corrected chi connectivity index (χ1v) is 6.88. The Labute approximate surface area is 117 Å². The van der Waals surface area contributed by atoms with Crippen molar-refractivity contribution >= 4 is 23.4 Å². The Balaban J connectivity index is 1.87. The van der Waals surface area contributed by atoms with E-state index in [9.17, 15) is 4.79 Å². The first-order chi connectivity index (χ1) is 9.24. The average molecular weight is 269 g/mol. The van der Waals surface area contributed by atoms with Gasteiger partial charge in [-0.05, 0) is 36.6 Å². The zero-order valence-electron chi connectivity index (χ0n) is 10.7. The number of hydrogen-bond donors (Lipinski definition) is 1. The van der Waals surface area contributed by atoms with E-state index in [2.05, 4.69) is 24.4 Å². The van der Waals surface area contributed by atoms with Crippen molar-refractivity contribution in [1.29, 1.82) is 0 Å². The van der Waals surface area contributed by atoms with Gasteiger partial charge in [0, 0.05) is 16.7 Å². The van der Waals surface area contributed by atoms with Crippen LogP contribution >= 0.6 is 11.8 Å². The van der Waals surface area contributed by atoms with Crippen LogP contribution in [0.2, 0.25) is 0 Å². The maximum atomic E-state index is 11.7. The highest BCUT2D eigenvalue weighted by Gasteiger charge is 1.96. The van der Waals surface area contributed by atoms with Crippen LogP contribution in [-0.4, -0.2) is 5.91 Å². The summed E-state index contributed by atoms with van der Waals surface area (Å²) in [6.07, 6.45) is 1.54. The zero-order chi connectivity index (χ0) is 13.5. The predicted molar refractivity (Wildman–Crippen MR) is 81.2 cm³/mol. The second-order valence-corrected chi connectivity index (χ2v) is 5.07. The van der Waals surface area contributed by atoms with Crippen molar-refractivity contribution in [3.63, 3.8) is 0 Å². The first kappa shape index (κ1) is 13.4. The molecule has 0 radical (unpaired) electrons. The molecule has 0 aliphatic carbocycles. The number of benzene rings is 2. The molecular weight excluding hydrogens is 254 g/mol. The van der Waals surface area contributed by atoms with E-state index in [1.54, 1.807) is 11.5 Å². The molecule has 0 aliphatic rings. The maximum absolute atomic E-state index is 11.7. The Morgan fingerprint density at radius 1 is 1.11 bits per heavy atom. The maximum Gasteiger partial charge on any atom is 0.248 e. The van der Waals surface area contributed by atoms with Gasteiger partial charge in [-0.2, -0.15) is 0 Å². The standard InChI is InChI=1S/C16H15NOS/c1-13-6-5-9-15(12-13)19-11-10-16(18)17-14-7-3-2-4-8-14/h2-12H,1H3,(H,17,18). The van der Waals surface area contributed by atoms with Gasteiger partial charge >= 0.3 is 0 Å². The minimum absolute atomic E-state index is 0.119. The molecule has 3 heteroatoms. The number of thioether (sulfide) groups is 1. The summed E-state index contributed by atoms with van der Waals surface area (Å²) >= 11 is 1.53. The lowest BCUT2D eigenvalue weighted by Gasteiger charge is -2.00. The third kappa shape index (κ3) is 4.64. The molecule has 0 aromatic heterocycles. The summed E-state index contributed by atoms with van der Waals surface area (Å²) in [4.78, 5) is 12.8. The van der Waals surface area contributed by atoms with Crippen LogP contribution in [0, 0.1) is 6.92 Å². The molecule has 0 aliphatic heterocycles. The molecule has 0 heterocycles. The molecule has 19 heavy (non-hydrogen) atoms. The van der Waals surface area contributed by atoms with Crippen LogP contribution in [-0.2, 0) is 4.79 Å². The molecule has 2 rings (SSSR count). The Bertz CT molecular complexity index is 578. The molecule has 1 amide bonds. The van der Waals surface area contributed by atoms with E-state index >= 15 is 0 Å². The first-order valence-electron chi connectivity index (χ1n) is 6.00. The van der Waals surface area contributed by atoms with Gasteiger partial charge < -0.3 is 5.32 Å². The second-order valence-electron chi connectivity index (χ2n) is 4.09. The van der Waals surface area contributed by atoms with Crippen molar-refractivity contribution in [3.8, 4) is 0 Å². The summed E-state index contributed by atoms with van der Waals surface area (Å²) in [7, 11) is 0. The lowest BCUT2D eigenvalue weighted by molar-refractivity contribution is -0.111. The number of rotatable bonds is 4. The molecule has 0 saturated carbocycles. The summed E-state index contributed by atoms with van der Waals surface area (Å²) in [5, 5.41) is 4.60. The van der Waals surface area contributed by atoms with Gasteiger partial charge in [0.1, 0.15) is 0 Å². The van der Waals surface area contributed by atoms with E-state index in [4.69, 9.17) is 0 Å². The fourth-order valence-electron chi connectivity index (χ4n) is 1.57. The molecule has 0 atom stereocenters. The molecule has 96 valence electrons. The van der Waals surface area contributed by atoms with Crippen LogP contribution in [0.1, 0.15) is 5.56 Å². The number of para-hydroxylation sites is 1. The smallest absolute Gasteiger partial charge is 0.248 e. The third-order valence-corrected chi connectivity index (χ3v) is 3.25. The number of carbonyl (C=O) groups is 1. The van der Waals surface area contributed by atoms with Gasteiger partial charge in [0.2, 0.25) is 5.91 Å². The summed E-state index contributed by atoms with van der Waals surface area (Å²) < 4.78 is 0. The highest BCUT2D eigenvalue weighted by molar-refractivity contribution is 8.02. The molecule has 0 saturated heterocycles. The topological polar surface area (TPSA) is 29.1 Å². The van der Waals surface area contributed by atoms with Crippen molar-refractivity contribution < 1.29 is 4.79 Å². The van der Waals surface area contributed by atoms with Crippen molar-refractivity contribution in [2.45, 2.75) is 11.8 Å². The van der Waals surface area contributed by atoms with Crippen LogP contribution in [0.25, 0.3) is 0 Å². The molecular formula is C16H15NOS. The number of hydrogen-bond acceptors (Lipinski definition) is 2. The normalized spacial score (nSPS) is 10.6. The SMILES string of the molecule is Cc1cccc(SC=CC(=O)Nc2ccccc2)c1. The molecule has 2 nitrogen and oxygen atoms in total. The van der Waals surface area contributed by atoms with Crippen molar-refractivity contribution in [1.82, 2.24) is 0 Å². The van der Waals surface area contributed by atoms with E-state index in [-0.39, 0.29) is 5.91 Å². The van der Waals surface area contributed by atoms with Gasteiger partial charge in [0.05, 0.1) is 0 Å². The number of amides is 1. The number of carbonyl (C=O) groups excluding carboxylic acids is 1. The van der Waals surface area contributed by atoms with E-state index in [1.165, 1.54) is 17.3 Å². The van der Waals surface area contributed by atoms with Crippen LogP contribution in [0.3, 0.4) is 0 Å². The van der Waals surface area contributed by atoms with Gasteiger partial charge in [0.15, 0.2) is 0 Å². The van der Waals surface area contributed by atoms with Gasteiger partial charge in [-0.25, -0.2) is 0 Å². The van der Waals surface area contributed by atoms with Gasteiger partial charge in [0.25, 0.3) is 0 Å². The van der Waals surface area contributed by atoms with E-state index in [0.717, 1.165) is 10.6 Å². The number of aryl methyl sites for hydroxylation is 1. The fraction of sp³-hybridized carbons (Fsp3) is 0.0625. The summed E-state index contributed by atoms with van der Waals surface area (Å²) in [5.74, 6) is -0.119. The lowest BCUT2D eigenvalue weighted by atomic mass is 10.2. The van der Waals surface area contributed by atoms with Gasteiger partial charge in [-0.1, -0.05) is 47.7 Å². The predicted octanol–water partition coefficient (Wildman–Crippen LogP) is 4.24. The minimum Gasteiger partial charge on any atom is -0.322 e. The molecule has 0 bridgehead atoms. The van der Waals surface area contributed by atoms with Crippen LogP contribution in [0.15, 0.2) is 71.0 Å². The molecule has 2 aromatic carbocycles. The Morgan fingerprint density at radius 3 is 2.63 bits per heavy atom. The molecule has 0 fully saturated rings. The lowest BCUT2D eigenvalue weighted by Crippen LogP contribution is -2.07. The number of anilines is 1. The van der Waals surface area contributed by atoms with E-state index in [0.29, 0.717) is 0 Å². The molecule has 0 spiro atoms. The Hall–Kier alpha value is -2.00. The zero-order valence-corrected chi connectivity index (χ0v) is 11.5. The van der Waals surface area contributed by atoms with E-state index < -0.39 is 0 Å². The summed E-state index contributed by atoms with van der Waals surface area (Å²) in [5.41, 5.74) is 2.02. The molecule has 0 unspecified atom stereocenters. The Kier molecular flexibility index (Phi) is 4.81. The van der Waals surface area contributed by atoms with Gasteiger partial charge in [-0.3, -0.25) is 4.79 Å². The third-order valence-electron chi connectivity index (χ3n) is 2.45. The fourth-order valence-corrected chi connectivity index (χ4v) is 2.33. The Morgan fingerprint density at radius 2 is 1.89 bits per heavy atom. The average Bonchev–Trinajstić information content (AvgIpc) is 2.40. The monoisotopic (exact) mass is 269 g/mol. The highest BCUT2D eigenvalue weighted by atomic mass is 32.2. The minimum atomic E-state index is -0.119. The van der Waals surface area contributed by atoms with Crippen molar-refractivity contribution in [2.24, 2.45) is 0 Å². The highest BCUT2D eigenvalue weighted by Crippen LogP contribution is 2.19. The summed E-state index contributed by atoms with van der Waals surface area (Å²) in [6.45, 7) is 2.05. The largest absolute Gasteiger partial charge is 0.322 e. The van der Waals surface area contributed by atoms with Crippen molar-refractivity contribution in [2.75, 3.05) is 5.32 Å². The number of nitrogens with one attached hydrogen (secondary N) is 1. The second kappa shape index (κ2) is 6.81. The van der Waals surface area contributed by atoms with Crippen molar-refractivity contribution in [3.05, 3.63) is 71.6 Å². The van der Waals surface area contributed by atoms with Crippen LogP contribution < -0.4 is 5.32 Å². The molecule has 2 aromatic rings. The van der Waals surface area contributed by atoms with Crippen LogP contribution in [0.5, 0.6) is 0 Å². The van der Waals surface area contributed by atoms with E-state index in [1.807, 2.05) is 42.5 Å². The van der Waals surface area contributed by atoms with Gasteiger partial charge in [-0.15, -0.1) is 0 Å². The quantitative estimate of drug-likeness (QED) is 0.664.